The summed E-state index contributed by atoms with van der Waals surface area (Å²) in [6.45, 7) is 5.88. The quantitative estimate of drug-likeness (QED) is 0.579. The second-order valence-corrected chi connectivity index (χ2v) is 2.47. The molecular formula is C8H13FO2. The molecule has 0 amide bonds. The van der Waals surface area contributed by atoms with E-state index in [-0.39, 0.29) is 5.83 Å². The summed E-state index contributed by atoms with van der Waals surface area (Å²) >= 11 is 0. The number of esters is 1. The van der Waals surface area contributed by atoms with Crippen molar-refractivity contribution in [3.8, 4) is 0 Å². The Morgan fingerprint density at radius 1 is 1.36 bits per heavy atom. The van der Waals surface area contributed by atoms with Crippen LogP contribution in [0.4, 0.5) is 4.39 Å². The van der Waals surface area contributed by atoms with Crippen LogP contribution in [-0.2, 0) is 9.53 Å². The van der Waals surface area contributed by atoms with Crippen molar-refractivity contribution >= 4 is 5.97 Å². The smallest absolute Gasteiger partial charge is 0.303 e. The lowest BCUT2D eigenvalue weighted by atomic mass is 10.2. The molecule has 0 aliphatic rings. The summed E-state index contributed by atoms with van der Waals surface area (Å²) in [5, 5.41) is 0. The normalized spacial score (nSPS) is 15.4. The first kappa shape index (κ1) is 10.1. The summed E-state index contributed by atoms with van der Waals surface area (Å²) < 4.78 is 17.2. The number of ether oxygens (including phenoxy) is 1. The van der Waals surface area contributed by atoms with E-state index in [9.17, 15) is 9.18 Å². The number of halogens is 1. The van der Waals surface area contributed by atoms with Crippen molar-refractivity contribution in [1.82, 2.24) is 0 Å². The predicted octanol–water partition coefficient (Wildman–Crippen LogP) is 2.20. The molecule has 0 heterocycles. The average Bonchev–Trinajstić information content (AvgIpc) is 1.84. The van der Waals surface area contributed by atoms with Gasteiger partial charge < -0.3 is 4.74 Å². The second-order valence-electron chi connectivity index (χ2n) is 2.47. The van der Waals surface area contributed by atoms with Crippen molar-refractivity contribution in [2.75, 3.05) is 0 Å². The summed E-state index contributed by atoms with van der Waals surface area (Å²) in [7, 11) is 0. The average molecular weight is 160 g/mol. The van der Waals surface area contributed by atoms with Crippen LogP contribution >= 0.6 is 0 Å². The molecule has 0 aliphatic heterocycles. The van der Waals surface area contributed by atoms with Crippen molar-refractivity contribution < 1.29 is 13.9 Å². The third-order valence-electron chi connectivity index (χ3n) is 1.50. The molecule has 0 N–H and O–H groups in total. The largest absolute Gasteiger partial charge is 0.458 e. The van der Waals surface area contributed by atoms with Crippen LogP contribution < -0.4 is 0 Å². The molecule has 0 bridgehead atoms. The highest BCUT2D eigenvalue weighted by atomic mass is 19.1. The molecule has 64 valence electrons. The fourth-order valence-electron chi connectivity index (χ4n) is 0.617. The third-order valence-corrected chi connectivity index (χ3v) is 1.50. The van der Waals surface area contributed by atoms with E-state index in [0.717, 1.165) is 0 Å². The zero-order valence-electron chi connectivity index (χ0n) is 7.27. The minimum atomic E-state index is -0.461. The number of allylic oxidation sites excluding steroid dienone is 1. The van der Waals surface area contributed by atoms with E-state index >= 15 is 0 Å². The molecule has 1 atom stereocenters. The van der Waals surface area contributed by atoms with Crippen molar-refractivity contribution in [1.29, 1.82) is 0 Å². The van der Waals surface area contributed by atoms with Crippen LogP contribution in [-0.4, -0.2) is 12.1 Å². The van der Waals surface area contributed by atoms with Gasteiger partial charge in [-0.3, -0.25) is 4.79 Å². The van der Waals surface area contributed by atoms with E-state index in [2.05, 4.69) is 0 Å². The molecule has 2 nitrogen and oxygen atoms in total. The second kappa shape index (κ2) is 4.11. The number of rotatable bonds is 2. The molecule has 11 heavy (non-hydrogen) atoms. The van der Waals surface area contributed by atoms with Crippen molar-refractivity contribution in [3.05, 3.63) is 11.4 Å². The fourth-order valence-corrected chi connectivity index (χ4v) is 0.617. The van der Waals surface area contributed by atoms with E-state index in [1.54, 1.807) is 13.8 Å². The molecule has 0 saturated carbocycles. The van der Waals surface area contributed by atoms with E-state index in [4.69, 9.17) is 4.74 Å². The van der Waals surface area contributed by atoms with Gasteiger partial charge >= 0.3 is 5.97 Å². The van der Waals surface area contributed by atoms with Crippen molar-refractivity contribution in [2.24, 2.45) is 0 Å². The van der Waals surface area contributed by atoms with E-state index in [1.165, 1.54) is 13.8 Å². The topological polar surface area (TPSA) is 26.3 Å². The molecule has 0 radical (unpaired) electrons. The van der Waals surface area contributed by atoms with Crippen LogP contribution in [0.3, 0.4) is 0 Å². The summed E-state index contributed by atoms with van der Waals surface area (Å²) in [6, 6.07) is 0. The van der Waals surface area contributed by atoms with Gasteiger partial charge in [0.1, 0.15) is 6.10 Å². The Balaban J connectivity index is 4.15. The Morgan fingerprint density at radius 3 is 2.09 bits per heavy atom. The number of carbonyl (C=O) groups excluding carboxylic acids is 1. The molecule has 0 fully saturated rings. The molecular weight excluding hydrogens is 147 g/mol. The Bertz CT molecular complexity index is 181. The summed E-state index contributed by atoms with van der Waals surface area (Å²) in [6.07, 6.45) is -0.461. The van der Waals surface area contributed by atoms with Gasteiger partial charge in [-0.2, -0.15) is 0 Å². The Morgan fingerprint density at radius 2 is 1.82 bits per heavy atom. The molecule has 0 aliphatic carbocycles. The summed E-state index contributed by atoms with van der Waals surface area (Å²) in [5.41, 5.74) is 0.459. The maximum Gasteiger partial charge on any atom is 0.303 e. The minimum absolute atomic E-state index is 0.293. The van der Waals surface area contributed by atoms with Crippen LogP contribution in [0.25, 0.3) is 0 Å². The lowest BCUT2D eigenvalue weighted by Gasteiger charge is -2.11. The molecule has 0 rings (SSSR count). The summed E-state index contributed by atoms with van der Waals surface area (Å²) in [5.74, 6) is -0.683. The molecule has 0 saturated heterocycles. The van der Waals surface area contributed by atoms with Gasteiger partial charge in [0.15, 0.2) is 0 Å². The third kappa shape index (κ3) is 3.75. The van der Waals surface area contributed by atoms with Gasteiger partial charge in [0, 0.05) is 6.92 Å². The fraction of sp³-hybridized carbons (Fsp3) is 0.625. The molecule has 0 aromatic heterocycles. The monoisotopic (exact) mass is 160 g/mol. The minimum Gasteiger partial charge on any atom is -0.458 e. The van der Waals surface area contributed by atoms with Gasteiger partial charge in [-0.05, 0) is 26.3 Å². The first-order chi connectivity index (χ1) is 4.95. The van der Waals surface area contributed by atoms with Gasteiger partial charge in [0.25, 0.3) is 0 Å². The van der Waals surface area contributed by atoms with Crippen molar-refractivity contribution in [3.63, 3.8) is 0 Å². The number of hydrogen-bond acceptors (Lipinski definition) is 2. The van der Waals surface area contributed by atoms with Crippen molar-refractivity contribution in [2.45, 2.75) is 33.8 Å². The highest BCUT2D eigenvalue weighted by molar-refractivity contribution is 5.66. The highest BCUT2D eigenvalue weighted by Gasteiger charge is 2.09. The Kier molecular flexibility index (Phi) is 3.79. The zero-order valence-corrected chi connectivity index (χ0v) is 7.27. The Hall–Kier alpha value is -0.860. The highest BCUT2D eigenvalue weighted by Crippen LogP contribution is 2.11. The number of hydrogen-bond donors (Lipinski definition) is 0. The maximum absolute atomic E-state index is 12.5. The van der Waals surface area contributed by atoms with Crippen LogP contribution in [0.2, 0.25) is 0 Å². The molecule has 0 unspecified atom stereocenters. The lowest BCUT2D eigenvalue weighted by molar-refractivity contribution is -0.143. The Labute approximate surface area is 66.0 Å². The van der Waals surface area contributed by atoms with Gasteiger partial charge in [0.2, 0.25) is 0 Å². The molecule has 0 aromatic carbocycles. The van der Waals surface area contributed by atoms with Crippen LogP contribution in [0.5, 0.6) is 0 Å². The predicted molar refractivity (Wildman–Crippen MR) is 40.7 cm³/mol. The SMILES string of the molecule is CC(=O)O[C@@H](C)/C(C)=C(/C)F. The van der Waals surface area contributed by atoms with Crippen LogP contribution in [0.15, 0.2) is 11.4 Å². The molecule has 0 spiro atoms. The van der Waals surface area contributed by atoms with Gasteiger partial charge in [-0.15, -0.1) is 0 Å². The van der Waals surface area contributed by atoms with E-state index in [1.807, 2.05) is 0 Å². The zero-order chi connectivity index (χ0) is 9.02. The van der Waals surface area contributed by atoms with Gasteiger partial charge in [-0.1, -0.05) is 0 Å². The van der Waals surface area contributed by atoms with Gasteiger partial charge in [0.05, 0.1) is 5.83 Å². The van der Waals surface area contributed by atoms with Crippen LogP contribution in [0.1, 0.15) is 27.7 Å². The number of carbonyl (C=O) groups is 1. The van der Waals surface area contributed by atoms with Crippen LogP contribution in [0, 0.1) is 0 Å². The van der Waals surface area contributed by atoms with E-state index in [0.29, 0.717) is 5.57 Å². The lowest BCUT2D eigenvalue weighted by Crippen LogP contribution is -2.13. The molecule has 0 aromatic rings. The maximum atomic E-state index is 12.5. The molecule has 3 heteroatoms. The first-order valence-electron chi connectivity index (χ1n) is 3.45. The summed E-state index contributed by atoms with van der Waals surface area (Å²) in [4.78, 5) is 10.4. The van der Waals surface area contributed by atoms with E-state index < -0.39 is 12.1 Å². The van der Waals surface area contributed by atoms with Gasteiger partial charge in [-0.25, -0.2) is 4.39 Å². The standard InChI is InChI=1S/C8H13FO2/c1-5(6(2)9)7(3)11-8(4)10/h7H,1-4H3/b6-5-/t7-/m0/s1. The first-order valence-corrected chi connectivity index (χ1v) is 3.45.